The van der Waals surface area contributed by atoms with Gasteiger partial charge in [-0.2, -0.15) is 10.4 Å². The van der Waals surface area contributed by atoms with Gasteiger partial charge in [0.15, 0.2) is 0 Å². The first kappa shape index (κ1) is 12.2. The van der Waals surface area contributed by atoms with Crippen molar-refractivity contribution in [2.45, 2.75) is 26.3 Å². The molecule has 3 rings (SSSR count). The summed E-state index contributed by atoms with van der Waals surface area (Å²) < 4.78 is 1.70. The summed E-state index contributed by atoms with van der Waals surface area (Å²) >= 11 is 0. The number of likely N-dealkylation sites (tertiary alicyclic amines) is 1. The molecule has 2 aromatic rings. The second kappa shape index (κ2) is 5.02. The van der Waals surface area contributed by atoms with Gasteiger partial charge in [0.1, 0.15) is 11.8 Å². The SMILES string of the molecule is C[C@H]1CCCN(Cc2cc(C#N)n3nccc3c2)C1. The number of fused-ring (bicyclic) bond motifs is 1. The molecule has 0 N–H and O–H groups in total. The number of nitriles is 1. The standard InChI is InChI=1S/C15H18N4/c1-12-3-2-6-18(10-12)11-13-7-14-4-5-17-19(14)15(8-13)9-16/h4-5,7-8,12H,2-3,6,10-11H2,1H3/t12-/m0/s1. The van der Waals surface area contributed by atoms with Crippen molar-refractivity contribution in [1.82, 2.24) is 14.5 Å². The number of hydrogen-bond acceptors (Lipinski definition) is 3. The maximum absolute atomic E-state index is 9.20. The number of pyridine rings is 1. The van der Waals surface area contributed by atoms with Crippen LogP contribution in [-0.2, 0) is 6.54 Å². The van der Waals surface area contributed by atoms with Crippen molar-refractivity contribution in [3.63, 3.8) is 0 Å². The van der Waals surface area contributed by atoms with Crippen LogP contribution in [0.25, 0.3) is 5.52 Å². The van der Waals surface area contributed by atoms with E-state index in [1.165, 1.54) is 18.4 Å². The summed E-state index contributed by atoms with van der Waals surface area (Å²) in [4.78, 5) is 2.48. The lowest BCUT2D eigenvalue weighted by Crippen LogP contribution is -2.33. The summed E-state index contributed by atoms with van der Waals surface area (Å²) in [5, 5.41) is 13.4. The van der Waals surface area contributed by atoms with Crippen molar-refractivity contribution < 1.29 is 0 Å². The molecule has 0 aromatic carbocycles. The van der Waals surface area contributed by atoms with Gasteiger partial charge in [-0.25, -0.2) is 4.52 Å². The van der Waals surface area contributed by atoms with Gasteiger partial charge in [0.25, 0.3) is 0 Å². The van der Waals surface area contributed by atoms with Crippen molar-refractivity contribution in [3.8, 4) is 6.07 Å². The zero-order valence-corrected chi connectivity index (χ0v) is 11.2. The van der Waals surface area contributed by atoms with Crippen molar-refractivity contribution in [1.29, 1.82) is 5.26 Å². The van der Waals surface area contributed by atoms with Gasteiger partial charge in [0.2, 0.25) is 0 Å². The van der Waals surface area contributed by atoms with E-state index in [1.807, 2.05) is 12.1 Å². The molecule has 1 aliphatic heterocycles. The van der Waals surface area contributed by atoms with Crippen LogP contribution in [-0.4, -0.2) is 27.6 Å². The first-order chi connectivity index (χ1) is 9.26. The summed E-state index contributed by atoms with van der Waals surface area (Å²) in [6, 6.07) is 8.26. The van der Waals surface area contributed by atoms with Crippen LogP contribution in [0, 0.1) is 17.2 Å². The molecule has 2 aromatic heterocycles. The molecule has 0 aliphatic carbocycles. The molecule has 3 heterocycles. The number of aromatic nitrogens is 2. The van der Waals surface area contributed by atoms with Crippen LogP contribution in [0.5, 0.6) is 0 Å². The summed E-state index contributed by atoms with van der Waals surface area (Å²) in [7, 11) is 0. The highest BCUT2D eigenvalue weighted by molar-refractivity contribution is 5.51. The Hall–Kier alpha value is -1.86. The van der Waals surface area contributed by atoms with Crippen molar-refractivity contribution in [2.24, 2.45) is 5.92 Å². The highest BCUT2D eigenvalue weighted by Gasteiger charge is 2.16. The Kier molecular flexibility index (Phi) is 3.22. The number of hydrogen-bond donors (Lipinski definition) is 0. The minimum atomic E-state index is 0.613. The number of rotatable bonds is 2. The molecule has 0 radical (unpaired) electrons. The fourth-order valence-electron chi connectivity index (χ4n) is 2.95. The first-order valence-corrected chi connectivity index (χ1v) is 6.85. The average Bonchev–Trinajstić information content (AvgIpc) is 2.86. The van der Waals surface area contributed by atoms with E-state index in [9.17, 15) is 5.26 Å². The molecule has 0 unspecified atom stereocenters. The fourth-order valence-corrected chi connectivity index (χ4v) is 2.95. The second-order valence-electron chi connectivity index (χ2n) is 5.51. The highest BCUT2D eigenvalue weighted by atomic mass is 15.2. The number of nitrogens with zero attached hydrogens (tertiary/aromatic N) is 4. The van der Waals surface area contributed by atoms with Gasteiger partial charge in [0.05, 0.1) is 11.7 Å². The van der Waals surface area contributed by atoms with Gasteiger partial charge < -0.3 is 0 Å². The van der Waals surface area contributed by atoms with E-state index in [2.05, 4.69) is 29.1 Å². The van der Waals surface area contributed by atoms with E-state index in [0.29, 0.717) is 5.69 Å². The van der Waals surface area contributed by atoms with E-state index in [1.54, 1.807) is 10.7 Å². The molecule has 0 amide bonds. The normalized spacial score (nSPS) is 20.5. The third kappa shape index (κ3) is 2.47. The van der Waals surface area contributed by atoms with Crippen LogP contribution >= 0.6 is 0 Å². The Balaban J connectivity index is 1.86. The molecular weight excluding hydrogens is 236 g/mol. The zero-order valence-electron chi connectivity index (χ0n) is 11.2. The molecule has 1 aliphatic rings. The van der Waals surface area contributed by atoms with Crippen molar-refractivity contribution in [3.05, 3.63) is 35.7 Å². The van der Waals surface area contributed by atoms with Crippen molar-refractivity contribution in [2.75, 3.05) is 13.1 Å². The van der Waals surface area contributed by atoms with E-state index < -0.39 is 0 Å². The highest BCUT2D eigenvalue weighted by Crippen LogP contribution is 2.19. The smallest absolute Gasteiger partial charge is 0.143 e. The molecule has 19 heavy (non-hydrogen) atoms. The predicted molar refractivity (Wildman–Crippen MR) is 73.6 cm³/mol. The van der Waals surface area contributed by atoms with Crippen LogP contribution in [0.2, 0.25) is 0 Å². The monoisotopic (exact) mass is 254 g/mol. The summed E-state index contributed by atoms with van der Waals surface area (Å²) in [6.07, 6.45) is 4.35. The summed E-state index contributed by atoms with van der Waals surface area (Å²) in [5.74, 6) is 0.780. The quantitative estimate of drug-likeness (QED) is 0.826. The molecule has 1 saturated heterocycles. The van der Waals surface area contributed by atoms with Crippen LogP contribution in [0.3, 0.4) is 0 Å². The molecule has 0 saturated carbocycles. The van der Waals surface area contributed by atoms with E-state index in [4.69, 9.17) is 0 Å². The molecule has 98 valence electrons. The molecule has 0 spiro atoms. The second-order valence-corrected chi connectivity index (χ2v) is 5.51. The van der Waals surface area contributed by atoms with Gasteiger partial charge in [-0.1, -0.05) is 6.92 Å². The Labute approximate surface area is 113 Å². The van der Waals surface area contributed by atoms with E-state index in [-0.39, 0.29) is 0 Å². The lowest BCUT2D eigenvalue weighted by Gasteiger charge is -2.30. The fraction of sp³-hybridized carbons (Fsp3) is 0.467. The summed E-state index contributed by atoms with van der Waals surface area (Å²) in [5.41, 5.74) is 2.82. The van der Waals surface area contributed by atoms with Gasteiger partial charge in [-0.05, 0) is 49.1 Å². The van der Waals surface area contributed by atoms with Crippen LogP contribution < -0.4 is 0 Å². The summed E-state index contributed by atoms with van der Waals surface area (Å²) in [6.45, 7) is 5.57. The predicted octanol–water partition coefficient (Wildman–Crippen LogP) is 2.44. The van der Waals surface area contributed by atoms with E-state index >= 15 is 0 Å². The van der Waals surface area contributed by atoms with Gasteiger partial charge in [-0.3, -0.25) is 4.90 Å². The molecule has 4 nitrogen and oxygen atoms in total. The molecular formula is C15H18N4. The van der Waals surface area contributed by atoms with Crippen LogP contribution in [0.1, 0.15) is 31.0 Å². The molecule has 1 atom stereocenters. The lowest BCUT2D eigenvalue weighted by atomic mass is 10.00. The Bertz CT molecular complexity index is 623. The average molecular weight is 254 g/mol. The van der Waals surface area contributed by atoms with Crippen LogP contribution in [0.15, 0.2) is 24.4 Å². The maximum Gasteiger partial charge on any atom is 0.143 e. The minimum absolute atomic E-state index is 0.613. The minimum Gasteiger partial charge on any atom is -0.299 e. The van der Waals surface area contributed by atoms with E-state index in [0.717, 1.165) is 31.1 Å². The molecule has 4 heteroatoms. The first-order valence-electron chi connectivity index (χ1n) is 6.85. The third-order valence-electron chi connectivity index (χ3n) is 3.82. The lowest BCUT2D eigenvalue weighted by molar-refractivity contribution is 0.176. The molecule has 0 bridgehead atoms. The third-order valence-corrected chi connectivity index (χ3v) is 3.82. The maximum atomic E-state index is 9.20. The van der Waals surface area contributed by atoms with Crippen LogP contribution in [0.4, 0.5) is 0 Å². The van der Waals surface area contributed by atoms with Crippen molar-refractivity contribution >= 4 is 5.52 Å². The Morgan fingerprint density at radius 1 is 1.47 bits per heavy atom. The zero-order chi connectivity index (χ0) is 13.2. The van der Waals surface area contributed by atoms with Gasteiger partial charge >= 0.3 is 0 Å². The Morgan fingerprint density at radius 3 is 3.16 bits per heavy atom. The van der Waals surface area contributed by atoms with Gasteiger partial charge in [-0.15, -0.1) is 0 Å². The topological polar surface area (TPSA) is 44.3 Å². The Morgan fingerprint density at radius 2 is 2.37 bits per heavy atom. The largest absolute Gasteiger partial charge is 0.299 e. The molecule has 1 fully saturated rings. The van der Waals surface area contributed by atoms with Gasteiger partial charge in [0, 0.05) is 13.1 Å². The number of piperidine rings is 1.